The lowest BCUT2D eigenvalue weighted by Crippen LogP contribution is -2.36. The molecular formula is C40H44O2. The zero-order valence-electron chi connectivity index (χ0n) is 25.8. The molecule has 4 aromatic carbocycles. The van der Waals surface area contributed by atoms with Gasteiger partial charge in [0.15, 0.2) is 0 Å². The van der Waals surface area contributed by atoms with E-state index in [9.17, 15) is 0 Å². The van der Waals surface area contributed by atoms with Gasteiger partial charge in [-0.1, -0.05) is 106 Å². The Labute approximate surface area is 252 Å². The molecule has 0 unspecified atom stereocenters. The number of para-hydroxylation sites is 2. The van der Waals surface area contributed by atoms with Gasteiger partial charge in [0.25, 0.3) is 0 Å². The zero-order valence-corrected chi connectivity index (χ0v) is 25.8. The number of hydrogen-bond acceptors (Lipinski definition) is 2. The van der Waals surface area contributed by atoms with Gasteiger partial charge >= 0.3 is 0 Å². The van der Waals surface area contributed by atoms with Crippen LogP contribution in [-0.4, -0.2) is 0 Å². The molecule has 1 saturated carbocycles. The van der Waals surface area contributed by atoms with Gasteiger partial charge in [-0.05, 0) is 104 Å². The highest BCUT2D eigenvalue weighted by molar-refractivity contribution is 5.58. The average Bonchev–Trinajstić information content (AvgIpc) is 3.00. The summed E-state index contributed by atoms with van der Waals surface area (Å²) in [6.07, 6.45) is 13.1. The zero-order chi connectivity index (χ0) is 29.6. The minimum atomic E-state index is 0.0980. The second kappa shape index (κ2) is 12.9. The molecular weight excluding hydrogens is 512 g/mol. The Balaban J connectivity index is 1.22. The third kappa shape index (κ3) is 6.54. The third-order valence-corrected chi connectivity index (χ3v) is 9.25. The topological polar surface area (TPSA) is 18.5 Å². The molecule has 5 rings (SSSR count). The predicted molar refractivity (Wildman–Crippen MR) is 178 cm³/mol. The summed E-state index contributed by atoms with van der Waals surface area (Å²) < 4.78 is 12.5. The van der Waals surface area contributed by atoms with Crippen LogP contribution in [0.5, 0.6) is 23.0 Å². The molecule has 0 radical (unpaired) electrons. The van der Waals surface area contributed by atoms with E-state index in [1.165, 1.54) is 36.8 Å². The fraction of sp³-hybridized carbons (Fsp3) is 0.300. The summed E-state index contributed by atoms with van der Waals surface area (Å²) in [6.45, 7) is 11.3. The highest BCUT2D eigenvalue weighted by atomic mass is 16.5. The van der Waals surface area contributed by atoms with E-state index in [0.29, 0.717) is 5.92 Å². The van der Waals surface area contributed by atoms with Gasteiger partial charge in [-0.15, -0.1) is 0 Å². The highest BCUT2D eigenvalue weighted by Crippen LogP contribution is 2.48. The Morgan fingerprint density at radius 1 is 0.643 bits per heavy atom. The van der Waals surface area contributed by atoms with E-state index in [2.05, 4.69) is 93.6 Å². The van der Waals surface area contributed by atoms with Crippen molar-refractivity contribution < 1.29 is 9.47 Å². The first-order valence-electron chi connectivity index (χ1n) is 15.3. The third-order valence-electron chi connectivity index (χ3n) is 9.25. The van der Waals surface area contributed by atoms with Crippen LogP contribution in [0.25, 0.3) is 12.2 Å². The van der Waals surface area contributed by atoms with E-state index in [0.717, 1.165) is 34.1 Å². The molecule has 1 aliphatic rings. The lowest BCUT2D eigenvalue weighted by atomic mass is 9.60. The van der Waals surface area contributed by atoms with Gasteiger partial charge in [0.2, 0.25) is 0 Å². The second-order valence-electron chi connectivity index (χ2n) is 12.4. The van der Waals surface area contributed by atoms with E-state index < -0.39 is 0 Å². The number of ether oxygens (including phenoxy) is 2. The lowest BCUT2D eigenvalue weighted by molar-refractivity contribution is 0.178. The Kier molecular flexibility index (Phi) is 9.02. The van der Waals surface area contributed by atoms with Crippen LogP contribution in [0.1, 0.15) is 82.6 Å². The van der Waals surface area contributed by atoms with Crippen molar-refractivity contribution in [2.75, 3.05) is 0 Å². The SMILES string of the molecule is C/C=C\c1ccccc1Oc1ccc(C2(C)CCC(C(C)(C)c3ccc(Oc4ccccc4/C=C\C)cc3)CC2)cc1. The molecule has 0 bridgehead atoms. The van der Waals surface area contributed by atoms with E-state index in [4.69, 9.17) is 9.47 Å². The van der Waals surface area contributed by atoms with Crippen molar-refractivity contribution >= 4 is 12.2 Å². The molecule has 0 spiro atoms. The van der Waals surface area contributed by atoms with Gasteiger partial charge in [-0.25, -0.2) is 0 Å². The van der Waals surface area contributed by atoms with Crippen LogP contribution in [0, 0.1) is 5.92 Å². The van der Waals surface area contributed by atoms with Crippen molar-refractivity contribution in [1.29, 1.82) is 0 Å². The first kappa shape index (κ1) is 29.5. The first-order valence-corrected chi connectivity index (χ1v) is 15.3. The fourth-order valence-corrected chi connectivity index (χ4v) is 6.41. The standard InChI is InChI=1S/C40H44O2/c1-6-12-30-14-8-10-16-37(30)41-35-22-18-32(19-23-35)39(3,4)33-26-28-40(5,29-27-33)34-20-24-36(25-21-34)42-38-17-11-9-15-31(38)13-7-2/h6-25,33H,26-29H2,1-5H3/b12-6-,13-7-. The van der Waals surface area contributed by atoms with Crippen LogP contribution in [0.15, 0.2) is 109 Å². The van der Waals surface area contributed by atoms with Gasteiger partial charge in [-0.2, -0.15) is 0 Å². The molecule has 216 valence electrons. The number of allylic oxidation sites excluding steroid dienone is 2. The maximum absolute atomic E-state index is 6.25. The quantitative estimate of drug-likeness (QED) is 0.204. The van der Waals surface area contributed by atoms with E-state index in [1.54, 1.807) is 0 Å². The molecule has 4 aromatic rings. The molecule has 0 amide bonds. The summed E-state index contributed by atoms with van der Waals surface area (Å²) in [4.78, 5) is 0. The molecule has 0 atom stereocenters. The number of hydrogen-bond donors (Lipinski definition) is 0. The Morgan fingerprint density at radius 2 is 1.10 bits per heavy atom. The largest absolute Gasteiger partial charge is 0.457 e. The molecule has 0 saturated heterocycles. The fourth-order valence-electron chi connectivity index (χ4n) is 6.41. The summed E-state index contributed by atoms with van der Waals surface area (Å²) in [5.74, 6) is 4.16. The molecule has 0 aromatic heterocycles. The normalized spacial score (nSPS) is 19.3. The van der Waals surface area contributed by atoms with Crippen molar-refractivity contribution in [2.45, 2.75) is 71.1 Å². The summed E-state index contributed by atoms with van der Waals surface area (Å²) >= 11 is 0. The first-order chi connectivity index (χ1) is 20.3. The van der Waals surface area contributed by atoms with Crippen molar-refractivity contribution in [3.8, 4) is 23.0 Å². The number of benzene rings is 4. The van der Waals surface area contributed by atoms with Crippen LogP contribution in [-0.2, 0) is 10.8 Å². The van der Waals surface area contributed by atoms with E-state index in [-0.39, 0.29) is 10.8 Å². The molecule has 42 heavy (non-hydrogen) atoms. The predicted octanol–water partition coefficient (Wildman–Crippen LogP) is 11.8. The minimum absolute atomic E-state index is 0.0980. The lowest BCUT2D eigenvalue weighted by Gasteiger charge is -2.44. The Morgan fingerprint density at radius 3 is 1.57 bits per heavy atom. The monoisotopic (exact) mass is 556 g/mol. The van der Waals surface area contributed by atoms with Crippen LogP contribution in [0.3, 0.4) is 0 Å². The Hall–Kier alpha value is -4.04. The van der Waals surface area contributed by atoms with E-state index >= 15 is 0 Å². The van der Waals surface area contributed by atoms with Crippen LogP contribution in [0.2, 0.25) is 0 Å². The maximum atomic E-state index is 6.25. The molecule has 2 nitrogen and oxygen atoms in total. The van der Waals surface area contributed by atoms with Crippen LogP contribution >= 0.6 is 0 Å². The highest BCUT2D eigenvalue weighted by Gasteiger charge is 2.39. The molecule has 1 fully saturated rings. The second-order valence-corrected chi connectivity index (χ2v) is 12.4. The minimum Gasteiger partial charge on any atom is -0.457 e. The molecule has 2 heteroatoms. The van der Waals surface area contributed by atoms with Crippen molar-refractivity contribution in [1.82, 2.24) is 0 Å². The molecule has 0 N–H and O–H groups in total. The molecule has 1 aliphatic carbocycles. The average molecular weight is 557 g/mol. The Bertz CT molecular complexity index is 1510. The van der Waals surface area contributed by atoms with Crippen LogP contribution < -0.4 is 9.47 Å². The summed E-state index contributed by atoms with van der Waals surface area (Å²) in [5.41, 5.74) is 5.25. The summed E-state index contributed by atoms with van der Waals surface area (Å²) in [5, 5.41) is 0. The van der Waals surface area contributed by atoms with Crippen molar-refractivity contribution in [3.63, 3.8) is 0 Å². The number of rotatable bonds is 9. The van der Waals surface area contributed by atoms with Gasteiger partial charge in [0.05, 0.1) is 0 Å². The van der Waals surface area contributed by atoms with Gasteiger partial charge in [0, 0.05) is 11.1 Å². The van der Waals surface area contributed by atoms with Gasteiger partial charge in [-0.3, -0.25) is 0 Å². The molecule has 0 heterocycles. The van der Waals surface area contributed by atoms with Crippen LogP contribution in [0.4, 0.5) is 0 Å². The molecule has 0 aliphatic heterocycles. The van der Waals surface area contributed by atoms with Gasteiger partial charge in [0.1, 0.15) is 23.0 Å². The smallest absolute Gasteiger partial charge is 0.134 e. The van der Waals surface area contributed by atoms with Gasteiger partial charge < -0.3 is 9.47 Å². The maximum Gasteiger partial charge on any atom is 0.134 e. The van der Waals surface area contributed by atoms with Crippen molar-refractivity contribution in [2.24, 2.45) is 5.92 Å². The van der Waals surface area contributed by atoms with Crippen molar-refractivity contribution in [3.05, 3.63) is 131 Å². The summed E-state index contributed by atoms with van der Waals surface area (Å²) in [7, 11) is 0. The summed E-state index contributed by atoms with van der Waals surface area (Å²) in [6, 6.07) is 33.9. The van der Waals surface area contributed by atoms with E-state index in [1.807, 2.05) is 62.4 Å².